The topological polar surface area (TPSA) is 81.7 Å². The molecular formula is C32H37NO5S. The van der Waals surface area contributed by atoms with Crippen molar-refractivity contribution in [2.75, 3.05) is 6.61 Å². The molecule has 0 saturated carbocycles. The molecule has 1 unspecified atom stereocenters. The molecule has 0 heterocycles. The molecule has 0 aliphatic heterocycles. The lowest BCUT2D eigenvalue weighted by Crippen LogP contribution is -2.63. The Labute approximate surface area is 233 Å². The monoisotopic (exact) mass is 547 g/mol. The van der Waals surface area contributed by atoms with Gasteiger partial charge < -0.3 is 9.47 Å². The second-order valence-corrected chi connectivity index (χ2v) is 12.0. The highest BCUT2D eigenvalue weighted by Crippen LogP contribution is 2.47. The van der Waals surface area contributed by atoms with E-state index in [0.717, 1.165) is 0 Å². The molecule has 3 rings (SSSR count). The van der Waals surface area contributed by atoms with Crippen molar-refractivity contribution < 1.29 is 23.3 Å². The van der Waals surface area contributed by atoms with Crippen LogP contribution >= 0.6 is 0 Å². The number of hydrogen-bond donors (Lipinski definition) is 1. The summed E-state index contributed by atoms with van der Waals surface area (Å²) < 4.78 is 25.2. The largest absolute Gasteiger partial charge is 0.459 e. The second-order valence-electron chi connectivity index (χ2n) is 10.1. The number of carbonyl (C=O) groups excluding carboxylic acids is 2. The molecule has 0 fully saturated rings. The van der Waals surface area contributed by atoms with Crippen molar-refractivity contribution in [3.63, 3.8) is 0 Å². The predicted octanol–water partition coefficient (Wildman–Crippen LogP) is 6.48. The van der Waals surface area contributed by atoms with E-state index in [1.807, 2.05) is 97.9 Å². The first-order valence-corrected chi connectivity index (χ1v) is 14.1. The van der Waals surface area contributed by atoms with E-state index >= 15 is 4.21 Å². The maximum Gasteiger partial charge on any atom is 0.409 e. The molecule has 2 atom stereocenters. The Morgan fingerprint density at radius 1 is 0.846 bits per heavy atom. The van der Waals surface area contributed by atoms with E-state index in [4.69, 9.17) is 9.47 Å². The number of benzene rings is 3. The van der Waals surface area contributed by atoms with E-state index in [0.29, 0.717) is 23.1 Å². The van der Waals surface area contributed by atoms with Crippen molar-refractivity contribution in [3.05, 3.63) is 120 Å². The van der Waals surface area contributed by atoms with E-state index in [9.17, 15) is 9.59 Å². The minimum Gasteiger partial charge on any atom is -0.459 e. The highest BCUT2D eigenvalue weighted by molar-refractivity contribution is 7.88. The van der Waals surface area contributed by atoms with Crippen LogP contribution in [-0.2, 0) is 29.8 Å². The van der Waals surface area contributed by atoms with Crippen LogP contribution in [0, 0.1) is 0 Å². The van der Waals surface area contributed by atoms with E-state index in [1.165, 1.54) is 6.08 Å². The fourth-order valence-corrected chi connectivity index (χ4v) is 6.95. The first-order valence-electron chi connectivity index (χ1n) is 13.0. The van der Waals surface area contributed by atoms with Gasteiger partial charge in [-0.1, -0.05) is 117 Å². The summed E-state index contributed by atoms with van der Waals surface area (Å²) >= 11 is 0. The van der Waals surface area contributed by atoms with E-state index in [2.05, 4.69) is 11.9 Å². The van der Waals surface area contributed by atoms with Crippen molar-refractivity contribution in [1.29, 1.82) is 0 Å². The minimum absolute atomic E-state index is 0.0447. The van der Waals surface area contributed by atoms with Gasteiger partial charge in [-0.2, -0.15) is 0 Å². The van der Waals surface area contributed by atoms with Gasteiger partial charge in [0.15, 0.2) is 0 Å². The lowest BCUT2D eigenvalue weighted by molar-refractivity contribution is -0.146. The lowest BCUT2D eigenvalue weighted by atomic mass is 9.84. The maximum absolute atomic E-state index is 15.5. The van der Waals surface area contributed by atoms with Gasteiger partial charge in [0.25, 0.3) is 0 Å². The molecule has 1 N–H and O–H groups in total. The molecule has 0 saturated heterocycles. The molecule has 1 amide bonds. The Morgan fingerprint density at radius 3 is 1.64 bits per heavy atom. The molecule has 6 nitrogen and oxygen atoms in total. The van der Waals surface area contributed by atoms with Crippen LogP contribution in [-0.4, -0.2) is 33.4 Å². The fourth-order valence-electron chi connectivity index (χ4n) is 4.60. The van der Waals surface area contributed by atoms with Gasteiger partial charge in [-0.15, -0.1) is 0 Å². The molecule has 39 heavy (non-hydrogen) atoms. The quantitative estimate of drug-likeness (QED) is 0.169. The van der Waals surface area contributed by atoms with Gasteiger partial charge in [0.2, 0.25) is 4.87 Å². The molecule has 0 aliphatic carbocycles. The number of alkyl carbamates (subject to hydrolysis) is 1. The molecule has 3 aromatic carbocycles. The Kier molecular flexibility index (Phi) is 9.86. The van der Waals surface area contributed by atoms with Crippen molar-refractivity contribution in [2.45, 2.75) is 55.8 Å². The predicted molar refractivity (Wildman–Crippen MR) is 156 cm³/mol. The molecule has 0 spiro atoms. The molecule has 0 radical (unpaired) electrons. The van der Waals surface area contributed by atoms with Crippen LogP contribution < -0.4 is 5.32 Å². The van der Waals surface area contributed by atoms with Crippen molar-refractivity contribution >= 4 is 22.9 Å². The van der Waals surface area contributed by atoms with Gasteiger partial charge in [-0.3, -0.25) is 9.53 Å². The molecular weight excluding hydrogens is 510 g/mol. The zero-order chi connectivity index (χ0) is 28.5. The number of amides is 1. The van der Waals surface area contributed by atoms with Crippen LogP contribution in [0.5, 0.6) is 0 Å². The van der Waals surface area contributed by atoms with E-state index in [1.54, 1.807) is 20.8 Å². The second kappa shape index (κ2) is 12.9. The SMILES string of the molecule is C=CCOC(=O)C(CCC)(NC(=O)OC(C)(C)C)[S@@](=O)C(c1ccccc1)(c1ccccc1)c1ccccc1. The summed E-state index contributed by atoms with van der Waals surface area (Å²) in [5, 5.41) is 2.74. The summed E-state index contributed by atoms with van der Waals surface area (Å²) in [7, 11) is -2.17. The van der Waals surface area contributed by atoms with Crippen LogP contribution in [0.3, 0.4) is 0 Å². The fraction of sp³-hybridized carbons (Fsp3) is 0.312. The lowest BCUT2D eigenvalue weighted by Gasteiger charge is -2.42. The van der Waals surface area contributed by atoms with Crippen molar-refractivity contribution in [1.82, 2.24) is 5.32 Å². The number of esters is 1. The molecule has 7 heteroatoms. The van der Waals surface area contributed by atoms with Gasteiger partial charge in [-0.25, -0.2) is 9.59 Å². The Morgan fingerprint density at radius 2 is 1.28 bits per heavy atom. The number of hydrogen-bond acceptors (Lipinski definition) is 5. The normalized spacial score (nSPS) is 13.9. The molecule has 3 aromatic rings. The highest BCUT2D eigenvalue weighted by atomic mass is 32.2. The van der Waals surface area contributed by atoms with Gasteiger partial charge in [0.1, 0.15) is 17.0 Å². The Balaban J connectivity index is 2.41. The minimum atomic E-state index is -2.17. The smallest absolute Gasteiger partial charge is 0.409 e. The average molecular weight is 548 g/mol. The van der Waals surface area contributed by atoms with Gasteiger partial charge in [0.05, 0.1) is 10.8 Å². The molecule has 0 aromatic heterocycles. The van der Waals surface area contributed by atoms with Gasteiger partial charge >= 0.3 is 12.1 Å². The van der Waals surface area contributed by atoms with Crippen molar-refractivity contribution in [3.8, 4) is 0 Å². The first-order chi connectivity index (χ1) is 18.6. The standard InChI is InChI=1S/C32H37NO5S/c1-6-23-31(28(34)37-24-7-2,33-29(35)38-30(3,4)5)39(36)32(25-17-11-8-12-18-25,26-19-13-9-14-20-26)27-21-15-10-16-22-27/h7-22H,2,6,23-24H2,1,3-5H3,(H,33,35)/t31?,39-/m1/s1. The Hall–Kier alpha value is -3.71. The highest BCUT2D eigenvalue weighted by Gasteiger charge is 2.58. The summed E-state index contributed by atoms with van der Waals surface area (Å²) in [6.45, 7) is 10.6. The van der Waals surface area contributed by atoms with Crippen LogP contribution in [0.2, 0.25) is 0 Å². The van der Waals surface area contributed by atoms with Gasteiger partial charge in [-0.05, 0) is 43.9 Å². The van der Waals surface area contributed by atoms with Crippen LogP contribution in [0.4, 0.5) is 4.79 Å². The summed E-state index contributed by atoms with van der Waals surface area (Å²) in [4.78, 5) is 25.3. The van der Waals surface area contributed by atoms with Crippen LogP contribution in [0.25, 0.3) is 0 Å². The number of rotatable bonds is 11. The summed E-state index contributed by atoms with van der Waals surface area (Å²) in [5.41, 5.74) is 1.25. The summed E-state index contributed by atoms with van der Waals surface area (Å²) in [6.07, 6.45) is 1.05. The third kappa shape index (κ3) is 6.48. The third-order valence-electron chi connectivity index (χ3n) is 6.10. The zero-order valence-corrected chi connectivity index (χ0v) is 23.8. The molecule has 0 bridgehead atoms. The van der Waals surface area contributed by atoms with Crippen LogP contribution in [0.1, 0.15) is 57.2 Å². The summed E-state index contributed by atoms with van der Waals surface area (Å²) in [6, 6.07) is 28.2. The molecule has 0 aliphatic rings. The molecule has 206 valence electrons. The number of nitrogens with one attached hydrogen (secondary N) is 1. The zero-order valence-electron chi connectivity index (χ0n) is 23.0. The van der Waals surface area contributed by atoms with Gasteiger partial charge in [0, 0.05) is 0 Å². The van der Waals surface area contributed by atoms with E-state index in [-0.39, 0.29) is 13.0 Å². The maximum atomic E-state index is 15.5. The average Bonchev–Trinajstić information content (AvgIpc) is 2.92. The van der Waals surface area contributed by atoms with Crippen LogP contribution in [0.15, 0.2) is 104 Å². The Bertz CT molecular complexity index is 1180. The number of carbonyl (C=O) groups is 2. The first kappa shape index (κ1) is 29.8. The number of ether oxygens (including phenoxy) is 2. The third-order valence-corrected chi connectivity index (χ3v) is 8.47. The summed E-state index contributed by atoms with van der Waals surface area (Å²) in [5.74, 6) is -0.819. The van der Waals surface area contributed by atoms with E-state index < -0.39 is 38.1 Å². The van der Waals surface area contributed by atoms with Crippen molar-refractivity contribution in [2.24, 2.45) is 0 Å².